The average molecular weight is 348 g/mol. The van der Waals surface area contributed by atoms with E-state index in [9.17, 15) is 8.42 Å². The topological polar surface area (TPSA) is 95.5 Å². The molecule has 9 heteroatoms. The third kappa shape index (κ3) is 7.71. The van der Waals surface area contributed by atoms with Crippen LogP contribution in [0.15, 0.2) is 11.2 Å². The molecular formula is C13H25N5O2S2. The van der Waals surface area contributed by atoms with Crippen LogP contribution in [0.4, 0.5) is 0 Å². The van der Waals surface area contributed by atoms with Crippen LogP contribution in [0, 0.1) is 6.92 Å². The zero-order valence-electron chi connectivity index (χ0n) is 13.7. The Morgan fingerprint density at radius 2 is 2.09 bits per heavy atom. The van der Waals surface area contributed by atoms with Crippen LogP contribution in [-0.2, 0) is 16.4 Å². The van der Waals surface area contributed by atoms with Gasteiger partial charge in [-0.15, -0.1) is 11.3 Å². The molecule has 1 aromatic heterocycles. The summed E-state index contributed by atoms with van der Waals surface area (Å²) in [5.41, 5.74) is -0.600. The van der Waals surface area contributed by atoms with Gasteiger partial charge >= 0.3 is 0 Å². The number of aromatic nitrogens is 1. The third-order valence-electron chi connectivity index (χ3n) is 2.68. The van der Waals surface area contributed by atoms with E-state index in [1.165, 1.54) is 4.88 Å². The van der Waals surface area contributed by atoms with Gasteiger partial charge in [0, 0.05) is 43.2 Å². The zero-order valence-corrected chi connectivity index (χ0v) is 15.4. The van der Waals surface area contributed by atoms with Crippen molar-refractivity contribution in [1.29, 1.82) is 0 Å². The van der Waals surface area contributed by atoms with Gasteiger partial charge in [-0.3, -0.25) is 4.99 Å². The molecule has 7 nitrogen and oxygen atoms in total. The van der Waals surface area contributed by atoms with Crippen molar-refractivity contribution in [3.8, 4) is 0 Å². The molecule has 126 valence electrons. The smallest absolute Gasteiger partial charge is 0.209 e. The fourth-order valence-electron chi connectivity index (χ4n) is 1.87. The summed E-state index contributed by atoms with van der Waals surface area (Å²) in [5.74, 6) is 0.636. The highest BCUT2D eigenvalue weighted by molar-refractivity contribution is 7.88. The monoisotopic (exact) mass is 347 g/mol. The maximum absolute atomic E-state index is 11.3. The second-order valence-corrected chi connectivity index (χ2v) is 8.79. The van der Waals surface area contributed by atoms with Crippen LogP contribution >= 0.6 is 11.3 Å². The maximum atomic E-state index is 11.3. The van der Waals surface area contributed by atoms with Crippen molar-refractivity contribution in [2.24, 2.45) is 4.99 Å². The molecule has 0 amide bonds. The van der Waals surface area contributed by atoms with Gasteiger partial charge in [-0.25, -0.2) is 18.1 Å². The predicted molar refractivity (Wildman–Crippen MR) is 92.0 cm³/mol. The van der Waals surface area contributed by atoms with Gasteiger partial charge in [-0.2, -0.15) is 0 Å². The lowest BCUT2D eigenvalue weighted by Gasteiger charge is -2.26. The SMILES string of the molecule is CN=C(NCCc1ncc(C)s1)NCC(C)(C)NS(C)(=O)=O. The molecule has 0 aliphatic rings. The first-order valence-electron chi connectivity index (χ1n) is 6.96. The van der Waals surface area contributed by atoms with Crippen molar-refractivity contribution in [2.45, 2.75) is 32.7 Å². The normalized spacial score (nSPS) is 13.2. The Morgan fingerprint density at radius 1 is 1.41 bits per heavy atom. The fraction of sp³-hybridized carbons (Fsp3) is 0.692. The minimum absolute atomic E-state index is 0.427. The number of nitrogens with zero attached hydrogens (tertiary/aromatic N) is 2. The molecule has 1 heterocycles. The largest absolute Gasteiger partial charge is 0.356 e. The van der Waals surface area contributed by atoms with Gasteiger partial charge in [-0.05, 0) is 20.8 Å². The molecule has 0 atom stereocenters. The molecule has 1 rings (SSSR count). The Labute approximate surface area is 136 Å². The van der Waals surface area contributed by atoms with Gasteiger partial charge in [0.05, 0.1) is 11.3 Å². The van der Waals surface area contributed by atoms with Crippen LogP contribution in [0.25, 0.3) is 0 Å². The molecular weight excluding hydrogens is 322 g/mol. The lowest BCUT2D eigenvalue weighted by atomic mass is 10.1. The molecule has 0 aromatic carbocycles. The van der Waals surface area contributed by atoms with Crippen LogP contribution < -0.4 is 15.4 Å². The molecule has 0 aliphatic heterocycles. The molecule has 0 unspecified atom stereocenters. The number of aliphatic imine (C=N–C) groups is 1. The second-order valence-electron chi connectivity index (χ2n) is 5.73. The summed E-state index contributed by atoms with van der Waals surface area (Å²) < 4.78 is 25.2. The van der Waals surface area contributed by atoms with Crippen LogP contribution in [0.3, 0.4) is 0 Å². The van der Waals surface area contributed by atoms with Gasteiger partial charge in [-0.1, -0.05) is 0 Å². The van der Waals surface area contributed by atoms with E-state index in [0.29, 0.717) is 19.0 Å². The molecule has 22 heavy (non-hydrogen) atoms. The summed E-state index contributed by atoms with van der Waals surface area (Å²) in [4.78, 5) is 9.63. The lowest BCUT2D eigenvalue weighted by molar-refractivity contribution is 0.446. The Morgan fingerprint density at radius 3 is 2.59 bits per heavy atom. The average Bonchev–Trinajstić information content (AvgIpc) is 2.76. The lowest BCUT2D eigenvalue weighted by Crippen LogP contribution is -2.53. The predicted octanol–water partition coefficient (Wildman–Crippen LogP) is 0.487. The summed E-state index contributed by atoms with van der Waals surface area (Å²) >= 11 is 1.68. The minimum Gasteiger partial charge on any atom is -0.356 e. The summed E-state index contributed by atoms with van der Waals surface area (Å²) in [6.45, 7) is 6.80. The Hall–Kier alpha value is -1.19. The van der Waals surface area contributed by atoms with Gasteiger partial charge in [0.2, 0.25) is 10.0 Å². The highest BCUT2D eigenvalue weighted by atomic mass is 32.2. The Balaban J connectivity index is 2.39. The van der Waals surface area contributed by atoms with Crippen molar-refractivity contribution < 1.29 is 8.42 Å². The fourth-order valence-corrected chi connectivity index (χ4v) is 3.73. The van der Waals surface area contributed by atoms with E-state index in [4.69, 9.17) is 0 Å². The maximum Gasteiger partial charge on any atom is 0.209 e. The molecule has 0 spiro atoms. The van der Waals surface area contributed by atoms with Crippen LogP contribution in [0.2, 0.25) is 0 Å². The molecule has 0 radical (unpaired) electrons. The first-order chi connectivity index (χ1) is 10.1. The number of rotatable bonds is 7. The molecule has 0 saturated carbocycles. The van der Waals surface area contributed by atoms with Crippen molar-refractivity contribution in [2.75, 3.05) is 26.4 Å². The quantitative estimate of drug-likeness (QED) is 0.493. The van der Waals surface area contributed by atoms with Crippen molar-refractivity contribution >= 4 is 27.3 Å². The van der Waals surface area contributed by atoms with Crippen molar-refractivity contribution in [1.82, 2.24) is 20.3 Å². The number of hydrogen-bond donors (Lipinski definition) is 3. The Bertz CT molecular complexity index is 608. The van der Waals surface area contributed by atoms with Crippen molar-refractivity contribution in [3.63, 3.8) is 0 Å². The summed E-state index contributed by atoms with van der Waals surface area (Å²) in [7, 11) is -1.56. The van der Waals surface area contributed by atoms with E-state index in [1.807, 2.05) is 27.0 Å². The molecule has 0 fully saturated rings. The van der Waals surface area contributed by atoms with E-state index in [1.54, 1.807) is 18.4 Å². The summed E-state index contributed by atoms with van der Waals surface area (Å²) in [6, 6.07) is 0. The van der Waals surface area contributed by atoms with Crippen LogP contribution in [0.5, 0.6) is 0 Å². The molecule has 3 N–H and O–H groups in total. The standard InChI is InChI=1S/C13H25N5O2S2/c1-10-8-16-11(21-10)6-7-15-12(14-4)17-9-13(2,3)18-22(5,19)20/h8,18H,6-7,9H2,1-5H3,(H2,14,15,17). The number of nitrogens with one attached hydrogen (secondary N) is 3. The van der Waals surface area contributed by atoms with Gasteiger partial charge < -0.3 is 10.6 Å². The van der Waals surface area contributed by atoms with Gasteiger partial charge in [0.15, 0.2) is 5.96 Å². The molecule has 0 aliphatic carbocycles. The minimum atomic E-state index is -3.24. The van der Waals surface area contributed by atoms with Crippen molar-refractivity contribution in [3.05, 3.63) is 16.1 Å². The number of hydrogen-bond acceptors (Lipinski definition) is 5. The number of thiazole rings is 1. The highest BCUT2D eigenvalue weighted by Crippen LogP contribution is 2.10. The van der Waals surface area contributed by atoms with E-state index in [0.717, 1.165) is 17.7 Å². The van der Waals surface area contributed by atoms with E-state index < -0.39 is 15.6 Å². The molecule has 0 bridgehead atoms. The number of guanidine groups is 1. The van der Waals surface area contributed by atoms with Gasteiger partial charge in [0.25, 0.3) is 0 Å². The first-order valence-corrected chi connectivity index (χ1v) is 9.67. The summed E-state index contributed by atoms with van der Waals surface area (Å²) in [6.07, 6.45) is 3.84. The van der Waals surface area contributed by atoms with Crippen LogP contribution in [-0.4, -0.2) is 51.3 Å². The Kier molecular flexibility index (Phi) is 6.76. The zero-order chi connectivity index (χ0) is 16.8. The number of sulfonamides is 1. The highest BCUT2D eigenvalue weighted by Gasteiger charge is 2.22. The molecule has 0 saturated heterocycles. The third-order valence-corrected chi connectivity index (χ3v) is 4.58. The van der Waals surface area contributed by atoms with Gasteiger partial charge in [0.1, 0.15) is 0 Å². The first kappa shape index (κ1) is 18.9. The van der Waals surface area contributed by atoms with E-state index >= 15 is 0 Å². The number of aryl methyl sites for hydroxylation is 1. The second kappa shape index (κ2) is 7.89. The van der Waals surface area contributed by atoms with Crippen LogP contribution in [0.1, 0.15) is 23.7 Å². The summed E-state index contributed by atoms with van der Waals surface area (Å²) in [5, 5.41) is 7.39. The molecule has 1 aromatic rings. The van der Waals surface area contributed by atoms with E-state index in [2.05, 4.69) is 25.3 Å². The van der Waals surface area contributed by atoms with E-state index in [-0.39, 0.29) is 0 Å².